The van der Waals surface area contributed by atoms with Crippen molar-refractivity contribution in [1.82, 2.24) is 0 Å². The summed E-state index contributed by atoms with van der Waals surface area (Å²) in [5, 5.41) is 2.94. The van der Waals surface area contributed by atoms with Gasteiger partial charge in [-0.2, -0.15) is 21.6 Å². The zero-order valence-electron chi connectivity index (χ0n) is 12.7. The van der Waals surface area contributed by atoms with Crippen LogP contribution in [0.1, 0.15) is 46.0 Å². The second-order valence-electron chi connectivity index (χ2n) is 5.24. The number of alkyl halides is 3. The average molecular weight is 345 g/mol. The van der Waals surface area contributed by atoms with Crippen LogP contribution in [0.2, 0.25) is 0 Å². The second-order valence-corrected chi connectivity index (χ2v) is 6.91. The maximum absolute atomic E-state index is 13.1. The van der Waals surface area contributed by atoms with Gasteiger partial charge in [-0.15, -0.1) is 0 Å². The van der Waals surface area contributed by atoms with Crippen LogP contribution < -0.4 is 0 Å². The summed E-state index contributed by atoms with van der Waals surface area (Å²) in [7, 11) is -4.06. The van der Waals surface area contributed by atoms with Crippen LogP contribution in [0.3, 0.4) is 0 Å². The fourth-order valence-corrected chi connectivity index (χ4v) is 3.25. The number of oxime groups is 1. The van der Waals surface area contributed by atoms with Crippen LogP contribution in [-0.4, -0.2) is 38.8 Å². The molecule has 1 rings (SSSR count). The van der Waals surface area contributed by atoms with E-state index in [4.69, 9.17) is 4.74 Å². The van der Waals surface area contributed by atoms with Crippen LogP contribution in [0.25, 0.3) is 0 Å². The average Bonchev–Trinajstić information content (AvgIpc) is 2.39. The molecule has 9 heteroatoms. The second kappa shape index (κ2) is 8.14. The molecule has 0 bridgehead atoms. The van der Waals surface area contributed by atoms with Crippen molar-refractivity contribution in [1.29, 1.82) is 0 Å². The van der Waals surface area contributed by atoms with E-state index in [1.807, 2.05) is 6.92 Å². The Kier molecular flexibility index (Phi) is 7.11. The van der Waals surface area contributed by atoms with Gasteiger partial charge in [-0.05, 0) is 39.0 Å². The van der Waals surface area contributed by atoms with Crippen molar-refractivity contribution < 1.29 is 30.6 Å². The summed E-state index contributed by atoms with van der Waals surface area (Å²) in [5.74, 6) is -1.22. The van der Waals surface area contributed by atoms with Gasteiger partial charge >= 0.3 is 16.3 Å². The van der Waals surface area contributed by atoms with Crippen LogP contribution >= 0.6 is 0 Å². The van der Waals surface area contributed by atoms with E-state index in [0.29, 0.717) is 19.4 Å². The van der Waals surface area contributed by atoms with Gasteiger partial charge in [0.15, 0.2) is 5.71 Å². The molecule has 0 saturated heterocycles. The van der Waals surface area contributed by atoms with E-state index in [-0.39, 0.29) is 31.1 Å². The fourth-order valence-electron chi connectivity index (χ4n) is 2.48. The van der Waals surface area contributed by atoms with Gasteiger partial charge in [-0.1, -0.05) is 12.1 Å². The molecule has 0 N–H and O–H groups in total. The van der Waals surface area contributed by atoms with E-state index < -0.39 is 27.9 Å². The number of halogens is 3. The summed E-state index contributed by atoms with van der Waals surface area (Å²) in [4.78, 5) is 0. The molecule has 1 aliphatic rings. The Labute approximate surface area is 129 Å². The van der Waals surface area contributed by atoms with Crippen LogP contribution in [0.4, 0.5) is 13.2 Å². The lowest BCUT2D eigenvalue weighted by atomic mass is 9.84. The minimum atomic E-state index is -4.70. The molecule has 0 amide bonds. The molecular weight excluding hydrogens is 323 g/mol. The summed E-state index contributed by atoms with van der Waals surface area (Å²) in [6, 6.07) is 0. The Morgan fingerprint density at radius 3 is 2.23 bits per heavy atom. The Morgan fingerprint density at radius 1 is 1.18 bits per heavy atom. The van der Waals surface area contributed by atoms with E-state index in [1.54, 1.807) is 6.92 Å². The van der Waals surface area contributed by atoms with E-state index in [0.717, 1.165) is 0 Å². The minimum absolute atomic E-state index is 0.0412. The lowest BCUT2D eigenvalue weighted by Crippen LogP contribution is -2.35. The molecule has 0 radical (unpaired) electrons. The monoisotopic (exact) mass is 345 g/mol. The molecule has 0 aromatic rings. The van der Waals surface area contributed by atoms with Crippen molar-refractivity contribution >= 4 is 15.8 Å². The third kappa shape index (κ3) is 6.12. The minimum Gasteiger partial charge on any atom is -0.379 e. The first-order valence-corrected chi connectivity index (χ1v) is 8.95. The SMILES string of the molecule is CCCS(=O)(=O)O/N=C(/C1CCC(OCC)CC1)C(F)(F)F. The van der Waals surface area contributed by atoms with Gasteiger partial charge < -0.3 is 4.74 Å². The zero-order valence-corrected chi connectivity index (χ0v) is 13.5. The summed E-state index contributed by atoms with van der Waals surface area (Å²) < 4.78 is 71.5. The third-order valence-electron chi connectivity index (χ3n) is 3.46. The normalized spacial score (nSPS) is 24.3. The lowest BCUT2D eigenvalue weighted by Gasteiger charge is -2.29. The molecule has 5 nitrogen and oxygen atoms in total. The highest BCUT2D eigenvalue weighted by molar-refractivity contribution is 7.86. The summed E-state index contributed by atoms with van der Waals surface area (Å²) in [6.45, 7) is 3.94. The number of hydrogen-bond acceptors (Lipinski definition) is 5. The Balaban J connectivity index is 2.79. The highest BCUT2D eigenvalue weighted by atomic mass is 32.2. The van der Waals surface area contributed by atoms with Crippen LogP contribution in [0, 0.1) is 5.92 Å². The van der Waals surface area contributed by atoms with Gasteiger partial charge in [0, 0.05) is 12.5 Å². The first kappa shape index (κ1) is 19.2. The van der Waals surface area contributed by atoms with Crippen LogP contribution in [0.5, 0.6) is 0 Å². The van der Waals surface area contributed by atoms with Gasteiger partial charge in [0.2, 0.25) is 0 Å². The van der Waals surface area contributed by atoms with Crippen molar-refractivity contribution in [3.05, 3.63) is 0 Å². The number of nitrogens with zero attached hydrogens (tertiary/aromatic N) is 1. The van der Waals surface area contributed by atoms with Crippen molar-refractivity contribution in [3.63, 3.8) is 0 Å². The molecule has 1 fully saturated rings. The predicted octanol–water partition coefficient (Wildman–Crippen LogP) is 3.26. The smallest absolute Gasteiger partial charge is 0.379 e. The van der Waals surface area contributed by atoms with Gasteiger partial charge in [0.1, 0.15) is 0 Å². The van der Waals surface area contributed by atoms with E-state index in [2.05, 4.69) is 9.44 Å². The number of rotatable bonds is 7. The maximum Gasteiger partial charge on any atom is 0.433 e. The molecule has 1 saturated carbocycles. The molecule has 0 spiro atoms. The number of ether oxygens (including phenoxy) is 1. The quantitative estimate of drug-likeness (QED) is 0.525. The summed E-state index contributed by atoms with van der Waals surface area (Å²) in [6.07, 6.45) is -3.00. The van der Waals surface area contributed by atoms with Gasteiger partial charge in [-0.25, -0.2) is 0 Å². The molecule has 0 atom stereocenters. The molecule has 0 unspecified atom stereocenters. The molecule has 1 aliphatic carbocycles. The largest absolute Gasteiger partial charge is 0.433 e. The van der Waals surface area contributed by atoms with Crippen LogP contribution in [0.15, 0.2) is 5.16 Å². The van der Waals surface area contributed by atoms with Crippen molar-refractivity contribution in [2.45, 2.75) is 58.2 Å². The highest BCUT2D eigenvalue weighted by Gasteiger charge is 2.43. The Hall–Kier alpha value is -0.830. The highest BCUT2D eigenvalue weighted by Crippen LogP contribution is 2.33. The molecule has 130 valence electrons. The topological polar surface area (TPSA) is 65.0 Å². The fraction of sp³-hybridized carbons (Fsp3) is 0.923. The van der Waals surface area contributed by atoms with E-state index >= 15 is 0 Å². The summed E-state index contributed by atoms with van der Waals surface area (Å²) >= 11 is 0. The van der Waals surface area contributed by atoms with Gasteiger partial charge in [-0.3, -0.25) is 4.28 Å². The number of hydrogen-bond donors (Lipinski definition) is 0. The molecule has 0 aliphatic heterocycles. The maximum atomic E-state index is 13.1. The van der Waals surface area contributed by atoms with E-state index in [1.165, 1.54) is 0 Å². The standard InChI is InChI=1S/C13H22F3NO4S/c1-3-9-22(18,19)21-17-12(13(14,15)16)10-5-7-11(8-6-10)20-4-2/h10-11H,3-9H2,1-2H3/b17-12-. The van der Waals surface area contributed by atoms with Crippen molar-refractivity contribution in [3.8, 4) is 0 Å². The molecule has 0 heterocycles. The summed E-state index contributed by atoms with van der Waals surface area (Å²) in [5.41, 5.74) is -1.15. The predicted molar refractivity (Wildman–Crippen MR) is 76.0 cm³/mol. The van der Waals surface area contributed by atoms with E-state index in [9.17, 15) is 21.6 Å². The Morgan fingerprint density at radius 2 is 1.77 bits per heavy atom. The molecular formula is C13H22F3NO4S. The third-order valence-corrected chi connectivity index (χ3v) is 4.67. The lowest BCUT2D eigenvalue weighted by molar-refractivity contribution is -0.0671. The van der Waals surface area contributed by atoms with Crippen LogP contribution in [-0.2, 0) is 19.1 Å². The van der Waals surface area contributed by atoms with Crippen molar-refractivity contribution in [2.75, 3.05) is 12.4 Å². The molecule has 0 aromatic carbocycles. The first-order chi connectivity index (χ1) is 10.2. The molecule has 0 aromatic heterocycles. The van der Waals surface area contributed by atoms with Gasteiger partial charge in [0.05, 0.1) is 11.9 Å². The molecule has 22 heavy (non-hydrogen) atoms. The van der Waals surface area contributed by atoms with Crippen molar-refractivity contribution in [2.24, 2.45) is 11.1 Å². The zero-order chi connectivity index (χ0) is 16.8. The Bertz CT molecular complexity index is 468. The van der Waals surface area contributed by atoms with Gasteiger partial charge in [0.25, 0.3) is 0 Å². The first-order valence-electron chi connectivity index (χ1n) is 7.37.